The van der Waals surface area contributed by atoms with Crippen LogP contribution in [0.15, 0.2) is 54.9 Å². The zero-order valence-electron chi connectivity index (χ0n) is 15.0. The molecule has 0 atom stereocenters. The van der Waals surface area contributed by atoms with E-state index < -0.39 is 0 Å². The molecular formula is C20H23N5O. The lowest BCUT2D eigenvalue weighted by molar-refractivity contribution is 0.414. The molecule has 6 nitrogen and oxygen atoms in total. The van der Waals surface area contributed by atoms with Crippen LogP contribution in [0.3, 0.4) is 0 Å². The highest BCUT2D eigenvalue weighted by molar-refractivity contribution is 5.74. The molecule has 134 valence electrons. The van der Waals surface area contributed by atoms with Gasteiger partial charge in [0.05, 0.1) is 7.11 Å². The van der Waals surface area contributed by atoms with Crippen molar-refractivity contribution in [2.45, 2.75) is 20.0 Å². The highest BCUT2D eigenvalue weighted by Gasteiger charge is 2.08. The molecule has 0 radical (unpaired) electrons. The predicted molar refractivity (Wildman–Crippen MR) is 105 cm³/mol. The Morgan fingerprint density at radius 1 is 0.846 bits per heavy atom. The number of aromatic nitrogens is 2. The Bertz CT molecular complexity index is 847. The molecular weight excluding hydrogens is 326 g/mol. The summed E-state index contributed by atoms with van der Waals surface area (Å²) in [6, 6.07) is 16.2. The minimum atomic E-state index is 0.508. The Kier molecular flexibility index (Phi) is 5.53. The van der Waals surface area contributed by atoms with E-state index in [-0.39, 0.29) is 0 Å². The van der Waals surface area contributed by atoms with Crippen molar-refractivity contribution in [3.63, 3.8) is 0 Å². The monoisotopic (exact) mass is 349 g/mol. The van der Waals surface area contributed by atoms with Gasteiger partial charge >= 0.3 is 0 Å². The smallest absolute Gasteiger partial charge is 0.155 e. The summed E-state index contributed by atoms with van der Waals surface area (Å²) in [4.78, 5) is 8.49. The topological polar surface area (TPSA) is 85.1 Å². The summed E-state index contributed by atoms with van der Waals surface area (Å²) < 4.78 is 5.17. The minimum Gasteiger partial charge on any atom is -0.497 e. The third-order valence-corrected chi connectivity index (χ3v) is 4.08. The molecule has 0 saturated heterocycles. The van der Waals surface area contributed by atoms with Gasteiger partial charge < -0.3 is 21.1 Å². The van der Waals surface area contributed by atoms with Crippen LogP contribution in [0.25, 0.3) is 0 Å². The number of nitrogens with zero attached hydrogens (tertiary/aromatic N) is 2. The van der Waals surface area contributed by atoms with Crippen molar-refractivity contribution < 1.29 is 4.74 Å². The molecule has 4 N–H and O–H groups in total. The highest BCUT2D eigenvalue weighted by atomic mass is 16.5. The van der Waals surface area contributed by atoms with Gasteiger partial charge in [0.25, 0.3) is 0 Å². The van der Waals surface area contributed by atoms with Crippen molar-refractivity contribution in [1.82, 2.24) is 9.97 Å². The Morgan fingerprint density at radius 3 is 1.85 bits per heavy atom. The molecule has 0 bridgehead atoms. The fourth-order valence-electron chi connectivity index (χ4n) is 2.50. The van der Waals surface area contributed by atoms with Gasteiger partial charge in [0, 0.05) is 13.1 Å². The fourth-order valence-corrected chi connectivity index (χ4v) is 2.50. The number of ether oxygens (including phenoxy) is 1. The molecule has 0 aliphatic heterocycles. The van der Waals surface area contributed by atoms with Gasteiger partial charge in [0.2, 0.25) is 0 Å². The second-order valence-electron chi connectivity index (χ2n) is 6.03. The molecule has 1 aromatic heterocycles. The molecule has 0 unspecified atom stereocenters. The Morgan fingerprint density at radius 2 is 1.35 bits per heavy atom. The lowest BCUT2D eigenvalue weighted by Crippen LogP contribution is -2.10. The number of nitrogens with one attached hydrogen (secondary N) is 2. The number of methoxy groups -OCH3 is 1. The molecule has 2 aromatic carbocycles. The second-order valence-corrected chi connectivity index (χ2v) is 6.03. The van der Waals surface area contributed by atoms with E-state index in [1.807, 2.05) is 24.3 Å². The van der Waals surface area contributed by atoms with Crippen LogP contribution in [0.2, 0.25) is 0 Å². The van der Waals surface area contributed by atoms with Crippen LogP contribution in [0.4, 0.5) is 17.3 Å². The van der Waals surface area contributed by atoms with Gasteiger partial charge in [-0.05, 0) is 30.2 Å². The van der Waals surface area contributed by atoms with Crippen LogP contribution < -0.4 is 21.1 Å². The van der Waals surface area contributed by atoms with Crippen molar-refractivity contribution in [2.75, 3.05) is 23.5 Å². The van der Waals surface area contributed by atoms with E-state index in [4.69, 9.17) is 10.5 Å². The first-order valence-corrected chi connectivity index (χ1v) is 8.42. The van der Waals surface area contributed by atoms with Crippen molar-refractivity contribution in [3.05, 3.63) is 71.5 Å². The first kappa shape index (κ1) is 17.5. The number of hydrogen-bond donors (Lipinski definition) is 3. The Balaban J connectivity index is 1.63. The minimum absolute atomic E-state index is 0.508. The maximum Gasteiger partial charge on any atom is 0.155 e. The van der Waals surface area contributed by atoms with Crippen molar-refractivity contribution in [2.24, 2.45) is 0 Å². The molecule has 0 saturated carbocycles. The molecule has 0 spiro atoms. The van der Waals surface area contributed by atoms with E-state index in [2.05, 4.69) is 51.8 Å². The van der Waals surface area contributed by atoms with Gasteiger partial charge in [-0.3, -0.25) is 0 Å². The zero-order valence-corrected chi connectivity index (χ0v) is 15.0. The molecule has 6 heteroatoms. The standard InChI is InChI=1S/C20H23N5O/c1-14-3-5-15(6-4-14)11-22-19-18(21)20(25-13-24-19)23-12-16-7-9-17(26-2)10-8-16/h3-10,13H,11-12,21H2,1-2H3,(H2,22,23,24,25). The Hall–Kier alpha value is -3.28. The molecule has 3 rings (SSSR count). The molecule has 1 heterocycles. The van der Waals surface area contributed by atoms with Gasteiger partial charge in [-0.15, -0.1) is 0 Å². The number of nitrogens with two attached hydrogens (primary N) is 1. The number of aryl methyl sites for hydroxylation is 1. The molecule has 0 amide bonds. The van der Waals surface area contributed by atoms with E-state index >= 15 is 0 Å². The van der Waals surface area contributed by atoms with E-state index in [0.717, 1.165) is 11.3 Å². The largest absolute Gasteiger partial charge is 0.497 e. The average Bonchev–Trinajstić information content (AvgIpc) is 2.68. The summed E-state index contributed by atoms with van der Waals surface area (Å²) in [7, 11) is 1.65. The number of benzene rings is 2. The van der Waals surface area contributed by atoms with Crippen LogP contribution in [-0.4, -0.2) is 17.1 Å². The van der Waals surface area contributed by atoms with Crippen molar-refractivity contribution >= 4 is 17.3 Å². The van der Waals surface area contributed by atoms with Gasteiger partial charge in [-0.1, -0.05) is 42.0 Å². The summed E-state index contributed by atoms with van der Waals surface area (Å²) in [5, 5.41) is 6.53. The first-order valence-electron chi connectivity index (χ1n) is 8.42. The SMILES string of the molecule is COc1ccc(CNc2ncnc(NCc3ccc(C)cc3)c2N)cc1. The van der Waals surface area contributed by atoms with Gasteiger partial charge in [-0.2, -0.15) is 0 Å². The molecule has 3 aromatic rings. The Labute approximate surface area is 153 Å². The molecule has 26 heavy (non-hydrogen) atoms. The maximum atomic E-state index is 6.21. The van der Waals surface area contributed by atoms with Crippen LogP contribution in [0, 0.1) is 6.92 Å². The average molecular weight is 349 g/mol. The number of nitrogen functional groups attached to an aromatic ring is 1. The van der Waals surface area contributed by atoms with E-state index in [9.17, 15) is 0 Å². The lowest BCUT2D eigenvalue weighted by Gasteiger charge is -2.13. The normalized spacial score (nSPS) is 10.4. The van der Waals surface area contributed by atoms with Crippen LogP contribution in [-0.2, 0) is 13.1 Å². The quantitative estimate of drug-likeness (QED) is 0.604. The molecule has 0 aliphatic rings. The van der Waals surface area contributed by atoms with Crippen molar-refractivity contribution in [3.8, 4) is 5.75 Å². The molecule has 0 aliphatic carbocycles. The van der Waals surface area contributed by atoms with E-state index in [1.165, 1.54) is 17.5 Å². The fraction of sp³-hybridized carbons (Fsp3) is 0.200. The van der Waals surface area contributed by atoms with Gasteiger partial charge in [0.15, 0.2) is 11.6 Å². The lowest BCUT2D eigenvalue weighted by atomic mass is 10.1. The predicted octanol–water partition coefficient (Wildman–Crippen LogP) is 3.60. The summed E-state index contributed by atoms with van der Waals surface area (Å²) in [5.41, 5.74) is 10.2. The maximum absolute atomic E-state index is 6.21. The second kappa shape index (κ2) is 8.20. The van der Waals surface area contributed by atoms with Gasteiger partial charge in [-0.25, -0.2) is 9.97 Å². The zero-order chi connectivity index (χ0) is 18.4. The number of rotatable bonds is 7. The summed E-state index contributed by atoms with van der Waals surface area (Å²) >= 11 is 0. The van der Waals surface area contributed by atoms with Gasteiger partial charge in [0.1, 0.15) is 17.8 Å². The number of anilines is 3. The van der Waals surface area contributed by atoms with Crippen molar-refractivity contribution in [1.29, 1.82) is 0 Å². The number of hydrogen-bond acceptors (Lipinski definition) is 6. The highest BCUT2D eigenvalue weighted by Crippen LogP contribution is 2.23. The third kappa shape index (κ3) is 4.42. The first-order chi connectivity index (χ1) is 12.7. The van der Waals surface area contributed by atoms with Crippen LogP contribution >= 0.6 is 0 Å². The van der Waals surface area contributed by atoms with E-state index in [1.54, 1.807) is 7.11 Å². The third-order valence-electron chi connectivity index (χ3n) is 4.08. The summed E-state index contributed by atoms with van der Waals surface area (Å²) in [5.74, 6) is 2.07. The summed E-state index contributed by atoms with van der Waals surface area (Å²) in [6.07, 6.45) is 1.50. The summed E-state index contributed by atoms with van der Waals surface area (Å²) in [6.45, 7) is 3.34. The molecule has 0 fully saturated rings. The van der Waals surface area contributed by atoms with Crippen LogP contribution in [0.1, 0.15) is 16.7 Å². The van der Waals surface area contributed by atoms with E-state index in [0.29, 0.717) is 30.4 Å². The van der Waals surface area contributed by atoms with Crippen LogP contribution in [0.5, 0.6) is 5.75 Å².